The van der Waals surface area contributed by atoms with E-state index >= 15 is 0 Å². The van der Waals surface area contributed by atoms with Crippen LogP contribution in [0.15, 0.2) is 46.9 Å². The Kier molecular flexibility index (Phi) is 10.3. The van der Waals surface area contributed by atoms with E-state index in [2.05, 4.69) is 38.8 Å². The summed E-state index contributed by atoms with van der Waals surface area (Å²) in [7, 11) is 0. The number of amides is 2. The average molecular weight is 535 g/mol. The zero-order valence-corrected chi connectivity index (χ0v) is 22.0. The number of anilines is 1. The maximum Gasteiger partial charge on any atom is 0.257 e. The number of unbranched alkanes of at least 4 members (excludes halogenated alkanes) is 3. The lowest BCUT2D eigenvalue weighted by atomic mass is 10.1. The molecule has 0 atom stereocenters. The summed E-state index contributed by atoms with van der Waals surface area (Å²) in [5, 5.41) is 8.64. The van der Waals surface area contributed by atoms with Gasteiger partial charge in [0.15, 0.2) is 5.11 Å². The van der Waals surface area contributed by atoms with E-state index in [1.54, 1.807) is 42.5 Å². The molecule has 0 aliphatic carbocycles. The number of para-hydroxylation sites is 1. The summed E-state index contributed by atoms with van der Waals surface area (Å²) in [6.07, 6.45) is 4.51. The Labute approximate surface area is 210 Å². The van der Waals surface area contributed by atoms with Gasteiger partial charge in [-0.3, -0.25) is 14.9 Å². The fourth-order valence-electron chi connectivity index (χ4n) is 3.00. The van der Waals surface area contributed by atoms with Crippen molar-refractivity contribution in [2.24, 2.45) is 0 Å². The molecule has 0 unspecified atom stereocenters. The minimum Gasteiger partial charge on any atom is -0.492 e. The Hall–Kier alpha value is -2.45. The summed E-state index contributed by atoms with van der Waals surface area (Å²) in [5.74, 6) is 0.107. The fourth-order valence-corrected chi connectivity index (χ4v) is 3.69. The molecule has 0 saturated carbocycles. The molecule has 2 aromatic rings. The van der Waals surface area contributed by atoms with Crippen molar-refractivity contribution in [3.63, 3.8) is 0 Å². The molecule has 0 aromatic heterocycles. The van der Waals surface area contributed by atoms with Gasteiger partial charge in [-0.05, 0) is 85.7 Å². The predicted octanol–water partition coefficient (Wildman–Crippen LogP) is 6.06. The van der Waals surface area contributed by atoms with Crippen LogP contribution in [-0.2, 0) is 0 Å². The van der Waals surface area contributed by atoms with Gasteiger partial charge in [0.05, 0.1) is 22.3 Å². The molecular weight excluding hydrogens is 502 g/mol. The number of ether oxygens (including phenoxy) is 1. The summed E-state index contributed by atoms with van der Waals surface area (Å²) in [6, 6.07) is 12.2. The average Bonchev–Trinajstić information content (AvgIpc) is 2.73. The van der Waals surface area contributed by atoms with Crippen molar-refractivity contribution in [3.8, 4) is 5.75 Å². The van der Waals surface area contributed by atoms with Crippen molar-refractivity contribution in [1.82, 2.24) is 10.6 Å². The minimum absolute atomic E-state index is 0.100. The molecule has 3 N–H and O–H groups in total. The molecular formula is C25H32BrN3O3S. The summed E-state index contributed by atoms with van der Waals surface area (Å²) >= 11 is 8.78. The number of nitrogens with one attached hydrogen (secondary N) is 3. The first-order chi connectivity index (χ1) is 15.6. The van der Waals surface area contributed by atoms with Crippen LogP contribution in [0, 0.1) is 0 Å². The molecule has 178 valence electrons. The van der Waals surface area contributed by atoms with Crippen LogP contribution < -0.4 is 20.7 Å². The van der Waals surface area contributed by atoms with Gasteiger partial charge in [-0.1, -0.05) is 38.3 Å². The van der Waals surface area contributed by atoms with Gasteiger partial charge in [0.2, 0.25) is 0 Å². The van der Waals surface area contributed by atoms with Crippen LogP contribution in [0.3, 0.4) is 0 Å². The molecule has 0 spiro atoms. The summed E-state index contributed by atoms with van der Waals surface area (Å²) in [5.41, 5.74) is 1.01. The number of benzene rings is 2. The van der Waals surface area contributed by atoms with E-state index in [-0.39, 0.29) is 22.5 Å². The van der Waals surface area contributed by atoms with Gasteiger partial charge < -0.3 is 15.4 Å². The van der Waals surface area contributed by atoms with E-state index in [1.807, 2.05) is 20.8 Å². The molecule has 0 radical (unpaired) electrons. The Bertz CT molecular complexity index is 989. The summed E-state index contributed by atoms with van der Waals surface area (Å²) in [6.45, 7) is 8.54. The predicted molar refractivity (Wildman–Crippen MR) is 141 cm³/mol. The molecule has 33 heavy (non-hydrogen) atoms. The highest BCUT2D eigenvalue weighted by Crippen LogP contribution is 2.26. The first-order valence-electron chi connectivity index (χ1n) is 11.1. The highest BCUT2D eigenvalue weighted by atomic mass is 79.9. The summed E-state index contributed by atoms with van der Waals surface area (Å²) in [4.78, 5) is 25.3. The van der Waals surface area contributed by atoms with Gasteiger partial charge in [-0.15, -0.1) is 0 Å². The van der Waals surface area contributed by atoms with Crippen molar-refractivity contribution in [2.75, 3.05) is 11.9 Å². The first-order valence-corrected chi connectivity index (χ1v) is 12.3. The molecule has 0 heterocycles. The summed E-state index contributed by atoms with van der Waals surface area (Å²) < 4.78 is 6.50. The SMILES string of the molecule is CCCCCCOc1ccc(C(=O)NC(=S)Nc2ccccc2C(=O)NC(C)(C)C)cc1Br. The third kappa shape index (κ3) is 9.14. The van der Waals surface area contributed by atoms with E-state index in [1.165, 1.54) is 12.8 Å². The van der Waals surface area contributed by atoms with Crippen LogP contribution in [0.2, 0.25) is 0 Å². The second-order valence-electron chi connectivity index (χ2n) is 8.71. The molecule has 0 saturated heterocycles. The van der Waals surface area contributed by atoms with Crippen LogP contribution >= 0.6 is 28.1 Å². The lowest BCUT2D eigenvalue weighted by molar-refractivity contribution is 0.0919. The zero-order chi connectivity index (χ0) is 24.4. The standard InChI is InChI=1S/C25H32BrN3O3S/c1-5-6-7-10-15-32-21-14-13-17(16-19(21)26)22(30)28-24(33)27-20-12-9-8-11-18(20)23(31)29-25(2,3)4/h8-9,11-14,16H,5-7,10,15H2,1-4H3,(H,29,31)(H2,27,28,30,33). The molecule has 2 amide bonds. The molecule has 2 aromatic carbocycles. The number of hydrogen-bond donors (Lipinski definition) is 3. The smallest absolute Gasteiger partial charge is 0.257 e. The van der Waals surface area contributed by atoms with Gasteiger partial charge in [0.25, 0.3) is 11.8 Å². The second-order valence-corrected chi connectivity index (χ2v) is 9.97. The maximum atomic E-state index is 12.7. The van der Waals surface area contributed by atoms with Crippen LogP contribution in [0.1, 0.15) is 74.1 Å². The van der Waals surface area contributed by atoms with Gasteiger partial charge in [0, 0.05) is 11.1 Å². The van der Waals surface area contributed by atoms with Crippen LogP contribution in [0.5, 0.6) is 5.75 Å². The number of carbonyl (C=O) groups excluding carboxylic acids is 2. The van der Waals surface area contributed by atoms with Gasteiger partial charge in [0.1, 0.15) is 5.75 Å². The minimum atomic E-state index is -0.377. The number of carbonyl (C=O) groups is 2. The second kappa shape index (κ2) is 12.7. The first kappa shape index (κ1) is 26.8. The highest BCUT2D eigenvalue weighted by molar-refractivity contribution is 9.10. The van der Waals surface area contributed by atoms with Gasteiger partial charge >= 0.3 is 0 Å². The Morgan fingerprint density at radius 2 is 1.76 bits per heavy atom. The van der Waals surface area contributed by atoms with Crippen molar-refractivity contribution in [1.29, 1.82) is 0 Å². The van der Waals surface area contributed by atoms with E-state index in [0.717, 1.165) is 12.8 Å². The highest BCUT2D eigenvalue weighted by Gasteiger charge is 2.18. The van der Waals surface area contributed by atoms with Crippen molar-refractivity contribution in [2.45, 2.75) is 58.9 Å². The number of hydrogen-bond acceptors (Lipinski definition) is 4. The lowest BCUT2D eigenvalue weighted by Gasteiger charge is -2.21. The van der Waals surface area contributed by atoms with Crippen LogP contribution in [0.25, 0.3) is 0 Å². The molecule has 6 nitrogen and oxygen atoms in total. The molecule has 0 aliphatic rings. The third-order valence-electron chi connectivity index (χ3n) is 4.59. The largest absolute Gasteiger partial charge is 0.492 e. The van der Waals surface area contributed by atoms with E-state index in [0.29, 0.717) is 33.6 Å². The lowest BCUT2D eigenvalue weighted by Crippen LogP contribution is -2.41. The fraction of sp³-hybridized carbons (Fsp3) is 0.400. The molecule has 0 fully saturated rings. The Morgan fingerprint density at radius 3 is 2.42 bits per heavy atom. The number of thiocarbonyl (C=S) groups is 1. The normalized spacial score (nSPS) is 10.9. The van der Waals surface area contributed by atoms with Gasteiger partial charge in [-0.2, -0.15) is 0 Å². The van der Waals surface area contributed by atoms with E-state index < -0.39 is 0 Å². The Morgan fingerprint density at radius 1 is 1.03 bits per heavy atom. The molecule has 2 rings (SSSR count). The molecule has 8 heteroatoms. The molecule has 0 aliphatic heterocycles. The number of halogens is 1. The van der Waals surface area contributed by atoms with Crippen molar-refractivity contribution >= 4 is 50.8 Å². The zero-order valence-electron chi connectivity index (χ0n) is 19.6. The van der Waals surface area contributed by atoms with Crippen molar-refractivity contribution in [3.05, 3.63) is 58.1 Å². The topological polar surface area (TPSA) is 79.5 Å². The maximum absolute atomic E-state index is 12.7. The van der Waals surface area contributed by atoms with E-state index in [4.69, 9.17) is 17.0 Å². The Balaban J connectivity index is 1.98. The third-order valence-corrected chi connectivity index (χ3v) is 5.41. The molecule has 0 bridgehead atoms. The number of rotatable bonds is 9. The van der Waals surface area contributed by atoms with Crippen LogP contribution in [-0.4, -0.2) is 29.1 Å². The monoisotopic (exact) mass is 533 g/mol. The van der Waals surface area contributed by atoms with Crippen LogP contribution in [0.4, 0.5) is 5.69 Å². The van der Waals surface area contributed by atoms with Crippen molar-refractivity contribution < 1.29 is 14.3 Å². The quantitative estimate of drug-likeness (QED) is 0.269. The van der Waals surface area contributed by atoms with Gasteiger partial charge in [-0.25, -0.2) is 0 Å². The van der Waals surface area contributed by atoms with E-state index in [9.17, 15) is 9.59 Å².